The summed E-state index contributed by atoms with van der Waals surface area (Å²) in [6.07, 6.45) is 6.54. The van der Waals surface area contributed by atoms with Crippen LogP contribution in [0.5, 0.6) is 0 Å². The lowest BCUT2D eigenvalue weighted by Crippen LogP contribution is -2.49. The van der Waals surface area contributed by atoms with Gasteiger partial charge in [0.1, 0.15) is 0 Å². The molecule has 2 saturated carbocycles. The number of nitrogens with one attached hydrogen (secondary N) is 1. The molecule has 0 bridgehead atoms. The molecule has 150 valence electrons. The molecule has 3 rings (SSSR count). The number of hydrogen-bond acceptors (Lipinski definition) is 3. The molecule has 0 aromatic carbocycles. The van der Waals surface area contributed by atoms with E-state index in [4.69, 9.17) is 4.74 Å². The smallest absolute Gasteiger partial charge is 0.387 e. The van der Waals surface area contributed by atoms with Gasteiger partial charge in [0.25, 0.3) is 0 Å². The van der Waals surface area contributed by atoms with Crippen molar-refractivity contribution in [3.05, 3.63) is 11.5 Å². The molecule has 0 atom stereocenters. The fourth-order valence-corrected chi connectivity index (χ4v) is 4.03. The summed E-state index contributed by atoms with van der Waals surface area (Å²) in [4.78, 5) is 0. The number of aliphatic hydroxyl groups is 1. The average Bonchev–Trinajstić information content (AvgIpc) is 2.68. The highest BCUT2D eigenvalue weighted by Gasteiger charge is 2.82. The van der Waals surface area contributed by atoms with Gasteiger partial charge in [0.2, 0.25) is 11.5 Å². The first kappa shape index (κ1) is 19.6. The SMILES string of the molecule is OC1=C(OC2CCC(NC3CCCCC3)CC2)C(F)(F)C(F)(F)C1(F)F. The first-order valence-electron chi connectivity index (χ1n) is 9.07. The Balaban J connectivity index is 1.58. The molecule has 3 aliphatic rings. The van der Waals surface area contributed by atoms with Gasteiger partial charge in [-0.15, -0.1) is 0 Å². The molecule has 0 aromatic heterocycles. The minimum Gasteiger partial charge on any atom is -0.504 e. The van der Waals surface area contributed by atoms with Crippen molar-refractivity contribution < 1.29 is 36.2 Å². The molecule has 3 nitrogen and oxygen atoms in total. The third kappa shape index (κ3) is 3.16. The maximum atomic E-state index is 13.7. The first-order chi connectivity index (χ1) is 12.1. The van der Waals surface area contributed by atoms with Crippen LogP contribution in [-0.4, -0.2) is 41.1 Å². The molecule has 0 saturated heterocycles. The maximum absolute atomic E-state index is 13.7. The summed E-state index contributed by atoms with van der Waals surface area (Å²) >= 11 is 0. The molecule has 0 heterocycles. The van der Waals surface area contributed by atoms with Gasteiger partial charge in [0.05, 0.1) is 6.10 Å². The fraction of sp³-hybridized carbons (Fsp3) is 0.882. The van der Waals surface area contributed by atoms with Crippen molar-refractivity contribution in [2.24, 2.45) is 0 Å². The average molecular weight is 387 g/mol. The van der Waals surface area contributed by atoms with Gasteiger partial charge in [0, 0.05) is 12.1 Å². The number of alkyl halides is 6. The molecule has 2 N–H and O–H groups in total. The second-order valence-corrected chi connectivity index (χ2v) is 7.49. The molecule has 0 unspecified atom stereocenters. The van der Waals surface area contributed by atoms with Crippen molar-refractivity contribution in [2.45, 2.75) is 93.7 Å². The van der Waals surface area contributed by atoms with Gasteiger partial charge in [-0.3, -0.25) is 0 Å². The quantitative estimate of drug-likeness (QED) is 0.673. The van der Waals surface area contributed by atoms with Gasteiger partial charge >= 0.3 is 17.8 Å². The Hall–Kier alpha value is -1.12. The lowest BCUT2D eigenvalue weighted by molar-refractivity contribution is -0.276. The Bertz CT molecular complexity index is 551. The third-order valence-electron chi connectivity index (χ3n) is 5.62. The second kappa shape index (κ2) is 6.80. The van der Waals surface area contributed by atoms with Crippen LogP contribution in [0.1, 0.15) is 57.8 Å². The van der Waals surface area contributed by atoms with Crippen molar-refractivity contribution in [3.8, 4) is 0 Å². The molecular formula is C17H23F6NO2. The van der Waals surface area contributed by atoms with Crippen LogP contribution in [0.25, 0.3) is 0 Å². The molecule has 2 fully saturated rings. The highest BCUT2D eigenvalue weighted by Crippen LogP contribution is 2.59. The number of hydrogen-bond donors (Lipinski definition) is 2. The van der Waals surface area contributed by atoms with Crippen molar-refractivity contribution in [2.75, 3.05) is 0 Å². The summed E-state index contributed by atoms with van der Waals surface area (Å²) in [6, 6.07) is 0.599. The van der Waals surface area contributed by atoms with Crippen LogP contribution in [0.3, 0.4) is 0 Å². The zero-order chi connectivity index (χ0) is 19.2. The summed E-state index contributed by atoms with van der Waals surface area (Å²) in [6.45, 7) is 0. The minimum absolute atomic E-state index is 0.174. The number of aliphatic hydroxyl groups excluding tert-OH is 1. The van der Waals surface area contributed by atoms with Gasteiger partial charge in [0.15, 0.2) is 0 Å². The molecule has 0 radical (unpaired) electrons. The van der Waals surface area contributed by atoms with Crippen LogP contribution in [-0.2, 0) is 4.74 Å². The zero-order valence-corrected chi connectivity index (χ0v) is 14.2. The molecule has 9 heteroatoms. The van der Waals surface area contributed by atoms with E-state index in [9.17, 15) is 31.4 Å². The summed E-state index contributed by atoms with van der Waals surface area (Å²) < 4.78 is 85.3. The molecule has 0 aliphatic heterocycles. The van der Waals surface area contributed by atoms with E-state index in [2.05, 4.69) is 5.32 Å². The predicted octanol–water partition coefficient (Wildman–Crippen LogP) is 4.93. The summed E-state index contributed by atoms with van der Waals surface area (Å²) in [5, 5.41) is 12.7. The molecule has 3 aliphatic carbocycles. The summed E-state index contributed by atoms with van der Waals surface area (Å²) in [5.41, 5.74) is 0. The number of rotatable bonds is 4. The molecule has 0 spiro atoms. The number of halogens is 6. The Morgan fingerprint density at radius 2 is 1.31 bits per heavy atom. The van der Waals surface area contributed by atoms with E-state index in [0.29, 0.717) is 18.9 Å². The van der Waals surface area contributed by atoms with E-state index >= 15 is 0 Å². The fourth-order valence-electron chi connectivity index (χ4n) is 4.03. The Labute approximate surface area is 147 Å². The van der Waals surface area contributed by atoms with Crippen molar-refractivity contribution >= 4 is 0 Å². The zero-order valence-electron chi connectivity index (χ0n) is 14.2. The van der Waals surface area contributed by atoms with Crippen LogP contribution in [0, 0.1) is 0 Å². The summed E-state index contributed by atoms with van der Waals surface area (Å²) in [5.74, 6) is -20.6. The van der Waals surface area contributed by atoms with Crippen LogP contribution in [0.15, 0.2) is 11.5 Å². The Kier molecular flexibility index (Phi) is 5.13. The monoisotopic (exact) mass is 387 g/mol. The Morgan fingerprint density at radius 1 is 0.769 bits per heavy atom. The minimum atomic E-state index is -5.71. The first-order valence-corrected chi connectivity index (χ1v) is 9.07. The molecular weight excluding hydrogens is 364 g/mol. The van der Waals surface area contributed by atoms with Crippen LogP contribution in [0.2, 0.25) is 0 Å². The van der Waals surface area contributed by atoms with Crippen LogP contribution in [0.4, 0.5) is 26.3 Å². The van der Waals surface area contributed by atoms with Gasteiger partial charge in [-0.25, -0.2) is 0 Å². The molecule has 0 aromatic rings. The van der Waals surface area contributed by atoms with Crippen LogP contribution < -0.4 is 5.32 Å². The van der Waals surface area contributed by atoms with Gasteiger partial charge < -0.3 is 15.2 Å². The van der Waals surface area contributed by atoms with Gasteiger partial charge in [-0.1, -0.05) is 19.3 Å². The lowest BCUT2D eigenvalue weighted by Gasteiger charge is -2.34. The van der Waals surface area contributed by atoms with E-state index in [1.165, 1.54) is 19.3 Å². The van der Waals surface area contributed by atoms with Crippen molar-refractivity contribution in [1.29, 1.82) is 0 Å². The van der Waals surface area contributed by atoms with Gasteiger partial charge in [-0.05, 0) is 38.5 Å². The van der Waals surface area contributed by atoms with E-state index in [0.717, 1.165) is 12.8 Å². The van der Waals surface area contributed by atoms with E-state index in [1.807, 2.05) is 0 Å². The number of ether oxygens (including phenoxy) is 1. The van der Waals surface area contributed by atoms with Crippen molar-refractivity contribution in [3.63, 3.8) is 0 Å². The highest BCUT2D eigenvalue weighted by atomic mass is 19.3. The van der Waals surface area contributed by atoms with E-state index in [-0.39, 0.29) is 18.9 Å². The topological polar surface area (TPSA) is 41.5 Å². The normalized spacial score (nSPS) is 34.1. The van der Waals surface area contributed by atoms with E-state index < -0.39 is 35.4 Å². The van der Waals surface area contributed by atoms with E-state index in [1.54, 1.807) is 0 Å². The third-order valence-corrected chi connectivity index (χ3v) is 5.62. The molecule has 0 amide bonds. The predicted molar refractivity (Wildman–Crippen MR) is 81.6 cm³/mol. The largest absolute Gasteiger partial charge is 0.504 e. The second-order valence-electron chi connectivity index (χ2n) is 7.49. The number of allylic oxidation sites excluding steroid dienone is 2. The summed E-state index contributed by atoms with van der Waals surface area (Å²) in [7, 11) is 0. The van der Waals surface area contributed by atoms with Crippen LogP contribution >= 0.6 is 0 Å². The van der Waals surface area contributed by atoms with Crippen molar-refractivity contribution in [1.82, 2.24) is 5.32 Å². The molecule has 26 heavy (non-hydrogen) atoms. The van der Waals surface area contributed by atoms with Gasteiger partial charge in [-0.2, -0.15) is 26.3 Å². The standard InChI is InChI=1S/C17H23F6NO2/c18-15(19)13(25)14(16(20,21)17(15,22)23)26-12-8-6-11(7-9-12)24-10-4-2-1-3-5-10/h10-12,24-25H,1-9H2. The Morgan fingerprint density at radius 3 is 1.81 bits per heavy atom. The lowest BCUT2D eigenvalue weighted by atomic mass is 9.89. The highest BCUT2D eigenvalue weighted by molar-refractivity contribution is 5.33. The maximum Gasteiger partial charge on any atom is 0.387 e.